The van der Waals surface area contributed by atoms with E-state index in [-0.39, 0.29) is 69.2 Å². The van der Waals surface area contributed by atoms with Gasteiger partial charge in [0.15, 0.2) is 22.6 Å². The number of hydrogen-bond acceptors (Lipinski definition) is 9. The van der Waals surface area contributed by atoms with Crippen molar-refractivity contribution in [3.63, 3.8) is 0 Å². The summed E-state index contributed by atoms with van der Waals surface area (Å²) in [6, 6.07) is 1.42. The summed E-state index contributed by atoms with van der Waals surface area (Å²) in [6.45, 7) is 4.09. The quantitative estimate of drug-likeness (QED) is 0.281. The van der Waals surface area contributed by atoms with E-state index in [1.807, 2.05) is 11.8 Å². The number of pyridine rings is 1. The first-order chi connectivity index (χ1) is 23.8. The van der Waals surface area contributed by atoms with E-state index in [0.29, 0.717) is 48.6 Å². The third kappa shape index (κ3) is 5.15. The van der Waals surface area contributed by atoms with Crippen LogP contribution in [-0.2, 0) is 11.0 Å². The zero-order chi connectivity index (χ0) is 35.2. The zero-order valence-electron chi connectivity index (χ0n) is 27.0. The first-order valence-corrected chi connectivity index (χ1v) is 16.9. The van der Waals surface area contributed by atoms with Crippen LogP contribution in [-0.4, -0.2) is 71.5 Å². The van der Waals surface area contributed by atoms with Gasteiger partial charge in [-0.15, -0.1) is 0 Å². The molecule has 3 aromatic heterocycles. The Kier molecular flexibility index (Phi) is 7.55. The van der Waals surface area contributed by atoms with Gasteiger partial charge in [-0.1, -0.05) is 18.5 Å². The van der Waals surface area contributed by atoms with Gasteiger partial charge in [-0.05, 0) is 57.2 Å². The van der Waals surface area contributed by atoms with Gasteiger partial charge in [-0.25, -0.2) is 19.9 Å². The summed E-state index contributed by atoms with van der Waals surface area (Å²) < 4.78 is 41.6. The molecule has 0 spiro atoms. The second-order valence-electron chi connectivity index (χ2n) is 13.6. The van der Waals surface area contributed by atoms with Crippen LogP contribution in [0.3, 0.4) is 0 Å². The first-order valence-electron chi connectivity index (χ1n) is 16.5. The highest BCUT2D eigenvalue weighted by Gasteiger charge is 2.49. The lowest BCUT2D eigenvalue weighted by Gasteiger charge is -2.54. The zero-order valence-corrected chi connectivity index (χ0v) is 27.8. The molecule has 2 N–H and O–H groups in total. The molecule has 50 heavy (non-hydrogen) atoms. The van der Waals surface area contributed by atoms with E-state index in [2.05, 4.69) is 20.3 Å². The predicted molar refractivity (Wildman–Crippen MR) is 177 cm³/mol. The average molecular weight is 709 g/mol. The Labute approximate surface area is 288 Å². The Bertz CT molecular complexity index is 2160. The van der Waals surface area contributed by atoms with E-state index in [9.17, 15) is 32.7 Å². The van der Waals surface area contributed by atoms with Crippen molar-refractivity contribution >= 4 is 46.0 Å². The van der Waals surface area contributed by atoms with Crippen LogP contribution in [0.1, 0.15) is 90.0 Å². The molecule has 0 radical (unpaired) electrons. The summed E-state index contributed by atoms with van der Waals surface area (Å²) in [5.74, 6) is -1.26. The summed E-state index contributed by atoms with van der Waals surface area (Å²) >= 11 is 6.20. The van der Waals surface area contributed by atoms with Gasteiger partial charge < -0.3 is 24.8 Å². The van der Waals surface area contributed by atoms with Crippen LogP contribution in [0.4, 0.5) is 24.5 Å². The molecule has 2 amide bonds. The first kappa shape index (κ1) is 32.4. The SMILES string of the molecule is Cc1ncnc(C(=O)N2CCN(c3c4n(c5ncc(C6CC6)nc5c3=O)[C@@H](C(=O)Nc3ccc(C(F)(F)F)cc3Cl)C[C@H]4C)[C@H]3CC[C@@H]32)c1O. The number of aryl methyl sites for hydroxylation is 1. The van der Waals surface area contributed by atoms with Crippen molar-refractivity contribution in [3.05, 3.63) is 74.3 Å². The normalized spacial score (nSPS) is 23.0. The van der Waals surface area contributed by atoms with Gasteiger partial charge in [0, 0.05) is 31.0 Å². The summed E-state index contributed by atoms with van der Waals surface area (Å²) in [7, 11) is 0. The van der Waals surface area contributed by atoms with E-state index in [1.165, 1.54) is 6.33 Å². The molecule has 0 unspecified atom stereocenters. The van der Waals surface area contributed by atoms with Crippen LogP contribution in [0.5, 0.6) is 5.75 Å². The summed E-state index contributed by atoms with van der Waals surface area (Å²) in [5, 5.41) is 13.0. The van der Waals surface area contributed by atoms with Crippen molar-refractivity contribution in [1.29, 1.82) is 0 Å². The molecule has 2 aliphatic heterocycles. The second-order valence-corrected chi connectivity index (χ2v) is 14.0. The molecule has 1 saturated heterocycles. The molecule has 0 bridgehead atoms. The maximum atomic E-state index is 14.6. The van der Waals surface area contributed by atoms with Crippen LogP contribution in [0.2, 0.25) is 5.02 Å². The molecule has 2 aliphatic carbocycles. The Hall–Kier alpha value is -4.79. The minimum Gasteiger partial charge on any atom is -0.504 e. The topological polar surface area (TPSA) is 146 Å². The fourth-order valence-electron chi connectivity index (χ4n) is 7.63. The van der Waals surface area contributed by atoms with Gasteiger partial charge in [0.05, 0.1) is 45.6 Å². The third-order valence-electron chi connectivity index (χ3n) is 10.5. The monoisotopic (exact) mass is 708 g/mol. The molecular formula is C34H32ClF3N8O4. The lowest BCUT2D eigenvalue weighted by Crippen LogP contribution is -2.67. The highest BCUT2D eigenvalue weighted by atomic mass is 35.5. The van der Waals surface area contributed by atoms with Crippen LogP contribution < -0.4 is 15.6 Å². The number of amides is 2. The highest BCUT2D eigenvalue weighted by molar-refractivity contribution is 6.33. The molecule has 16 heteroatoms. The Morgan fingerprint density at radius 1 is 1.06 bits per heavy atom. The maximum Gasteiger partial charge on any atom is 0.416 e. The number of carbonyl (C=O) groups excluding carboxylic acids is 2. The van der Waals surface area contributed by atoms with Crippen molar-refractivity contribution in [2.45, 2.75) is 82.1 Å². The number of aromatic nitrogens is 5. The number of alkyl halides is 3. The fourth-order valence-corrected chi connectivity index (χ4v) is 7.86. The van der Waals surface area contributed by atoms with Crippen LogP contribution >= 0.6 is 11.6 Å². The molecule has 5 heterocycles. The molecule has 12 nitrogen and oxygen atoms in total. The molecule has 4 atom stereocenters. The van der Waals surface area contributed by atoms with E-state index in [0.717, 1.165) is 31.0 Å². The molecule has 4 aromatic rings. The van der Waals surface area contributed by atoms with Gasteiger partial charge in [0.1, 0.15) is 18.1 Å². The number of anilines is 2. The number of aromatic hydroxyl groups is 1. The molecule has 2 saturated carbocycles. The number of nitrogens with zero attached hydrogens (tertiary/aromatic N) is 7. The number of halogens is 4. The number of piperazine rings is 1. The number of carbonyl (C=O) groups is 2. The minimum absolute atomic E-state index is 0.0291. The highest BCUT2D eigenvalue weighted by Crippen LogP contribution is 2.46. The van der Waals surface area contributed by atoms with Crippen LogP contribution in [0.25, 0.3) is 11.2 Å². The van der Waals surface area contributed by atoms with Gasteiger partial charge in [0.2, 0.25) is 11.3 Å². The van der Waals surface area contributed by atoms with Gasteiger partial charge in [-0.2, -0.15) is 13.2 Å². The second kappa shape index (κ2) is 11.6. The summed E-state index contributed by atoms with van der Waals surface area (Å²) in [5.41, 5.74) is 1.17. The number of benzene rings is 1. The minimum atomic E-state index is -4.60. The summed E-state index contributed by atoms with van der Waals surface area (Å²) in [4.78, 5) is 63.4. The Morgan fingerprint density at radius 2 is 1.82 bits per heavy atom. The van der Waals surface area contributed by atoms with Crippen LogP contribution in [0.15, 0.2) is 35.5 Å². The molecule has 1 aromatic carbocycles. The molecule has 8 rings (SSSR count). The number of hydrogen-bond donors (Lipinski definition) is 2. The van der Waals surface area contributed by atoms with Crippen molar-refractivity contribution < 1.29 is 27.9 Å². The molecule has 260 valence electrons. The number of fused-ring (bicyclic) bond motifs is 4. The Morgan fingerprint density at radius 3 is 2.50 bits per heavy atom. The van der Waals surface area contributed by atoms with Gasteiger partial charge in [-0.3, -0.25) is 14.4 Å². The molecular weight excluding hydrogens is 677 g/mol. The molecule has 4 aliphatic rings. The van der Waals surface area contributed by atoms with Crippen LogP contribution in [0, 0.1) is 6.92 Å². The fraction of sp³-hybridized carbons (Fsp3) is 0.441. The lowest BCUT2D eigenvalue weighted by atomic mass is 9.81. The van der Waals surface area contributed by atoms with Gasteiger partial charge in [0.25, 0.3) is 5.91 Å². The average Bonchev–Trinajstić information content (AvgIpc) is 3.85. The standard InChI is InChI=1S/C34H32ClF3N8O4/c1-15-11-24(32(49)43-20-6-5-18(12-19(20)35)34(36,37)38)46-27(15)28(30(48)25-31(46)39-13-21(42-25)17-3-4-17)44-9-10-45(23-8-7-22(23)44)33(50)26-29(47)16(2)40-14-41-26/h5-6,12-15,17,22-24,47H,3-4,7-11H2,1-2H3,(H,43,49)/t15-,22+,23+,24-/m1/s1. The molecule has 3 fully saturated rings. The summed E-state index contributed by atoms with van der Waals surface area (Å²) in [6.07, 6.45) is 1.86. The van der Waals surface area contributed by atoms with E-state index in [1.54, 1.807) is 22.6 Å². The third-order valence-corrected chi connectivity index (χ3v) is 10.8. The Balaban J connectivity index is 1.19. The van der Waals surface area contributed by atoms with E-state index >= 15 is 0 Å². The van der Waals surface area contributed by atoms with Crippen molar-refractivity contribution in [2.75, 3.05) is 23.3 Å². The number of nitrogens with one attached hydrogen (secondary N) is 1. The van der Waals surface area contributed by atoms with Gasteiger partial charge >= 0.3 is 6.18 Å². The predicted octanol–water partition coefficient (Wildman–Crippen LogP) is 5.33. The largest absolute Gasteiger partial charge is 0.504 e. The van der Waals surface area contributed by atoms with Crippen molar-refractivity contribution in [1.82, 2.24) is 29.4 Å². The van der Waals surface area contributed by atoms with E-state index in [4.69, 9.17) is 16.6 Å². The maximum absolute atomic E-state index is 14.6. The smallest absolute Gasteiger partial charge is 0.416 e. The number of rotatable bonds is 5. The van der Waals surface area contributed by atoms with Crippen molar-refractivity contribution in [2.24, 2.45) is 0 Å². The van der Waals surface area contributed by atoms with E-state index < -0.39 is 29.6 Å². The van der Waals surface area contributed by atoms with Crippen molar-refractivity contribution in [3.8, 4) is 5.75 Å². The lowest BCUT2D eigenvalue weighted by molar-refractivity contribution is -0.137.